The van der Waals surface area contributed by atoms with Gasteiger partial charge in [-0.25, -0.2) is 4.98 Å². The first-order chi connectivity index (χ1) is 12.9. The van der Waals surface area contributed by atoms with E-state index in [1.807, 2.05) is 0 Å². The first kappa shape index (κ1) is 19.1. The number of alkyl halides is 2. The van der Waals surface area contributed by atoms with Crippen molar-refractivity contribution in [2.75, 3.05) is 0 Å². The summed E-state index contributed by atoms with van der Waals surface area (Å²) < 4.78 is 32.3. The molecule has 2 heterocycles. The van der Waals surface area contributed by atoms with Gasteiger partial charge in [0, 0.05) is 12.1 Å². The van der Waals surface area contributed by atoms with Crippen LogP contribution in [-0.2, 0) is 13.1 Å². The van der Waals surface area contributed by atoms with Gasteiger partial charge in [-0.3, -0.25) is 14.2 Å². The van der Waals surface area contributed by atoms with Crippen LogP contribution in [0, 0.1) is 3.95 Å². The summed E-state index contributed by atoms with van der Waals surface area (Å²) in [6.07, 6.45) is 2.94. The molecule has 0 aliphatic heterocycles. The highest BCUT2D eigenvalue weighted by Crippen LogP contribution is 2.18. The molecule has 0 unspecified atom stereocenters. The van der Waals surface area contributed by atoms with Gasteiger partial charge in [0.25, 0.3) is 5.56 Å². The van der Waals surface area contributed by atoms with E-state index in [2.05, 4.69) is 16.3 Å². The van der Waals surface area contributed by atoms with Crippen LogP contribution in [0.4, 0.5) is 8.78 Å². The lowest BCUT2D eigenvalue weighted by molar-refractivity contribution is -0.0498. The number of rotatable bonds is 7. The van der Waals surface area contributed by atoms with Gasteiger partial charge in [0.15, 0.2) is 15.4 Å². The van der Waals surface area contributed by atoms with Crippen LogP contribution in [0.2, 0.25) is 0 Å². The molecule has 0 bridgehead atoms. The first-order valence-corrected chi connectivity index (χ1v) is 8.91. The Labute approximate surface area is 161 Å². The maximum atomic E-state index is 12.6. The van der Waals surface area contributed by atoms with E-state index in [0.717, 1.165) is 11.3 Å². The van der Waals surface area contributed by atoms with Crippen molar-refractivity contribution in [2.24, 2.45) is 0 Å². The highest BCUT2D eigenvalue weighted by Gasteiger charge is 2.14. The van der Waals surface area contributed by atoms with Crippen LogP contribution in [0.15, 0.2) is 48.0 Å². The number of ether oxygens (including phenoxy) is 1. The number of allylic oxidation sites excluding steroid dienone is 1. The Morgan fingerprint density at radius 3 is 2.70 bits per heavy atom. The maximum Gasteiger partial charge on any atom is 0.387 e. The normalized spacial score (nSPS) is 11.1. The van der Waals surface area contributed by atoms with Crippen LogP contribution in [0.1, 0.15) is 10.4 Å². The molecule has 3 rings (SSSR count). The summed E-state index contributed by atoms with van der Waals surface area (Å²) in [7, 11) is 0. The average molecular weight is 409 g/mol. The third-order valence-corrected chi connectivity index (χ3v) is 5.10. The highest BCUT2D eigenvalue weighted by atomic mass is 32.1. The third kappa shape index (κ3) is 4.01. The lowest BCUT2D eigenvalue weighted by Crippen LogP contribution is -2.24. The first-order valence-electron chi connectivity index (χ1n) is 7.68. The van der Waals surface area contributed by atoms with Gasteiger partial charge in [0.1, 0.15) is 16.8 Å². The molecule has 0 aliphatic carbocycles. The molecule has 0 fully saturated rings. The van der Waals surface area contributed by atoms with Gasteiger partial charge in [0.2, 0.25) is 0 Å². The molecule has 2 aromatic heterocycles. The van der Waals surface area contributed by atoms with Crippen molar-refractivity contribution in [3.05, 3.63) is 63.1 Å². The Hall–Kier alpha value is -2.72. The molecule has 27 heavy (non-hydrogen) atoms. The van der Waals surface area contributed by atoms with Crippen LogP contribution in [0.3, 0.4) is 0 Å². The molecule has 6 nitrogen and oxygen atoms in total. The number of Topliss-reactive ketones (excluding diaryl/α,β-unsaturated/α-hetero) is 1. The zero-order valence-electron chi connectivity index (χ0n) is 13.8. The number of aromatic nitrogens is 3. The Bertz CT molecular complexity index is 1120. The van der Waals surface area contributed by atoms with Gasteiger partial charge < -0.3 is 9.30 Å². The standard InChI is InChI=1S/C17H13F2N3O3S2/c1-2-7-22-14-13(27-17(22)26)15(24)21(9-20-14)8-12(23)10-3-5-11(6-4-10)25-16(18)19/h2-6,9,16H,1,7-8H2. The van der Waals surface area contributed by atoms with Crippen LogP contribution in [0.25, 0.3) is 10.3 Å². The number of benzene rings is 1. The molecule has 0 spiro atoms. The van der Waals surface area contributed by atoms with E-state index < -0.39 is 6.61 Å². The number of hydrogen-bond acceptors (Lipinski definition) is 6. The molecular formula is C17H13F2N3O3S2. The van der Waals surface area contributed by atoms with E-state index in [1.54, 1.807) is 10.6 Å². The zero-order chi connectivity index (χ0) is 19.6. The Morgan fingerprint density at radius 2 is 2.07 bits per heavy atom. The maximum absolute atomic E-state index is 12.6. The molecular weight excluding hydrogens is 396 g/mol. The summed E-state index contributed by atoms with van der Waals surface area (Å²) in [5.74, 6) is -0.416. The fourth-order valence-corrected chi connectivity index (χ4v) is 3.76. The summed E-state index contributed by atoms with van der Waals surface area (Å²) in [5, 5.41) is 0. The molecule has 0 amide bonds. The summed E-state index contributed by atoms with van der Waals surface area (Å²) in [5.41, 5.74) is 0.345. The van der Waals surface area contributed by atoms with Gasteiger partial charge in [-0.05, 0) is 36.5 Å². The van der Waals surface area contributed by atoms with Gasteiger partial charge in [-0.1, -0.05) is 17.4 Å². The number of halogens is 2. The van der Waals surface area contributed by atoms with Crippen LogP contribution in [0.5, 0.6) is 5.75 Å². The van der Waals surface area contributed by atoms with Gasteiger partial charge in [0.05, 0.1) is 6.54 Å². The molecule has 0 N–H and O–H groups in total. The zero-order valence-corrected chi connectivity index (χ0v) is 15.4. The lowest BCUT2D eigenvalue weighted by Gasteiger charge is -2.07. The number of carbonyl (C=O) groups is 1. The van der Waals surface area contributed by atoms with Crippen molar-refractivity contribution in [3.8, 4) is 5.75 Å². The molecule has 0 saturated heterocycles. The molecule has 0 saturated carbocycles. The van der Waals surface area contributed by atoms with E-state index in [-0.39, 0.29) is 29.2 Å². The van der Waals surface area contributed by atoms with Gasteiger partial charge in [-0.2, -0.15) is 8.78 Å². The largest absolute Gasteiger partial charge is 0.435 e. The number of fused-ring (bicyclic) bond motifs is 1. The van der Waals surface area contributed by atoms with Crippen LogP contribution < -0.4 is 10.3 Å². The molecule has 0 atom stereocenters. The molecule has 3 aromatic rings. The average Bonchev–Trinajstić information content (AvgIpc) is 2.94. The van der Waals surface area contributed by atoms with E-state index in [0.29, 0.717) is 20.8 Å². The smallest absolute Gasteiger partial charge is 0.387 e. The Kier molecular flexibility index (Phi) is 5.57. The summed E-state index contributed by atoms with van der Waals surface area (Å²) in [4.78, 5) is 29.3. The third-order valence-electron chi connectivity index (χ3n) is 3.67. The number of carbonyl (C=O) groups excluding carboxylic acids is 1. The van der Waals surface area contributed by atoms with E-state index >= 15 is 0 Å². The minimum Gasteiger partial charge on any atom is -0.435 e. The fourth-order valence-electron chi connectivity index (χ4n) is 2.44. The predicted molar refractivity (Wildman–Crippen MR) is 100 cm³/mol. The van der Waals surface area contributed by atoms with Crippen molar-refractivity contribution in [2.45, 2.75) is 19.7 Å². The van der Waals surface area contributed by atoms with Crippen LogP contribution in [-0.4, -0.2) is 26.5 Å². The van der Waals surface area contributed by atoms with E-state index in [4.69, 9.17) is 12.2 Å². The fraction of sp³-hybridized carbons (Fsp3) is 0.176. The minimum absolute atomic E-state index is 0.0508. The second kappa shape index (κ2) is 7.89. The minimum atomic E-state index is -2.94. The van der Waals surface area contributed by atoms with Crippen molar-refractivity contribution < 1.29 is 18.3 Å². The second-order valence-corrected chi connectivity index (χ2v) is 7.07. The monoisotopic (exact) mass is 409 g/mol. The second-order valence-electron chi connectivity index (χ2n) is 5.42. The van der Waals surface area contributed by atoms with Crippen molar-refractivity contribution >= 4 is 39.7 Å². The summed E-state index contributed by atoms with van der Waals surface area (Å²) in [6.45, 7) is 0.910. The number of nitrogens with zero attached hydrogens (tertiary/aromatic N) is 3. The highest BCUT2D eigenvalue weighted by molar-refractivity contribution is 7.73. The van der Waals surface area contributed by atoms with E-state index in [9.17, 15) is 18.4 Å². The van der Waals surface area contributed by atoms with Gasteiger partial charge in [-0.15, -0.1) is 6.58 Å². The predicted octanol–water partition coefficient (Wildman–Crippen LogP) is 3.66. The van der Waals surface area contributed by atoms with E-state index in [1.165, 1.54) is 35.2 Å². The Balaban J connectivity index is 1.87. The summed E-state index contributed by atoms with van der Waals surface area (Å²) in [6, 6.07) is 5.26. The topological polar surface area (TPSA) is 66.1 Å². The molecule has 1 aromatic carbocycles. The molecule has 0 aliphatic rings. The molecule has 140 valence electrons. The lowest BCUT2D eigenvalue weighted by atomic mass is 10.1. The van der Waals surface area contributed by atoms with Crippen molar-refractivity contribution in [1.82, 2.24) is 14.1 Å². The van der Waals surface area contributed by atoms with Crippen molar-refractivity contribution in [3.63, 3.8) is 0 Å². The number of ketones is 1. The van der Waals surface area contributed by atoms with Gasteiger partial charge >= 0.3 is 6.61 Å². The van der Waals surface area contributed by atoms with Crippen LogP contribution >= 0.6 is 23.6 Å². The van der Waals surface area contributed by atoms with Crippen molar-refractivity contribution in [1.29, 1.82) is 0 Å². The SMILES string of the molecule is C=CCn1c(=S)sc2c(=O)n(CC(=O)c3ccc(OC(F)F)cc3)cnc21. The summed E-state index contributed by atoms with van der Waals surface area (Å²) >= 11 is 6.37. The number of hydrogen-bond donors (Lipinski definition) is 0. The number of thiazole rings is 1. The molecule has 0 radical (unpaired) electrons. The molecule has 10 heteroatoms. The Morgan fingerprint density at radius 1 is 1.37 bits per heavy atom. The quantitative estimate of drug-likeness (QED) is 0.339.